The lowest BCUT2D eigenvalue weighted by molar-refractivity contribution is 0.0938. The Hall–Kier alpha value is -2.40. The summed E-state index contributed by atoms with van der Waals surface area (Å²) in [6.07, 6.45) is 3.49. The van der Waals surface area contributed by atoms with Crippen molar-refractivity contribution >= 4 is 11.6 Å². The van der Waals surface area contributed by atoms with Gasteiger partial charge in [-0.3, -0.25) is 9.69 Å². The van der Waals surface area contributed by atoms with Crippen molar-refractivity contribution < 1.29 is 9.18 Å². The van der Waals surface area contributed by atoms with Gasteiger partial charge in [0.15, 0.2) is 0 Å². The fourth-order valence-electron chi connectivity index (χ4n) is 4.20. The summed E-state index contributed by atoms with van der Waals surface area (Å²) in [5, 5.41) is 3.06. The molecule has 0 aliphatic carbocycles. The summed E-state index contributed by atoms with van der Waals surface area (Å²) in [5.41, 5.74) is 4.47. The van der Waals surface area contributed by atoms with E-state index in [1.165, 1.54) is 53.9 Å². The Balaban J connectivity index is 1.51. The first-order valence-corrected chi connectivity index (χ1v) is 9.73. The minimum atomic E-state index is -0.329. The van der Waals surface area contributed by atoms with E-state index in [-0.39, 0.29) is 17.8 Å². The maximum atomic E-state index is 13.1. The molecule has 0 bridgehead atoms. The topological polar surface area (TPSA) is 35.6 Å². The number of rotatable bonds is 5. The number of hydrogen-bond donors (Lipinski definition) is 1. The summed E-state index contributed by atoms with van der Waals surface area (Å²) in [5.74, 6) is -0.482. The Morgan fingerprint density at radius 3 is 2.59 bits per heavy atom. The van der Waals surface area contributed by atoms with Crippen LogP contribution >= 0.6 is 0 Å². The molecule has 1 amide bonds. The highest BCUT2D eigenvalue weighted by Gasteiger charge is 2.26. The van der Waals surface area contributed by atoms with Gasteiger partial charge in [0.2, 0.25) is 0 Å². The van der Waals surface area contributed by atoms with Crippen LogP contribution in [-0.2, 0) is 6.42 Å². The molecule has 2 heterocycles. The first-order valence-electron chi connectivity index (χ1n) is 9.73. The zero-order chi connectivity index (χ0) is 18.8. The molecule has 2 aromatic rings. The van der Waals surface area contributed by atoms with Gasteiger partial charge < -0.3 is 10.2 Å². The number of likely N-dealkylation sites (N-methyl/N-ethyl adjacent to an activating group) is 1. The molecular weight excluding hydrogens is 341 g/mol. The molecule has 142 valence electrons. The Bertz CT molecular complexity index is 815. The van der Waals surface area contributed by atoms with Gasteiger partial charge in [0.05, 0.1) is 6.04 Å². The second kappa shape index (κ2) is 7.69. The average Bonchev–Trinajstić information content (AvgIpc) is 3.33. The standard InChI is InChI=1S/C22H26FN3O/c1-25-13-10-18-14-17(6-9-20(18)25)21(26-11-2-3-12-26)15-24-22(27)16-4-7-19(23)8-5-16/h4-9,14,21H,2-3,10-13,15H2,1H3,(H,24,27)/t21-/m1/s1. The van der Waals surface area contributed by atoms with E-state index in [2.05, 4.69) is 40.4 Å². The van der Waals surface area contributed by atoms with Gasteiger partial charge >= 0.3 is 0 Å². The summed E-state index contributed by atoms with van der Waals surface area (Å²) in [4.78, 5) is 17.2. The normalized spacial score (nSPS) is 17.8. The van der Waals surface area contributed by atoms with E-state index >= 15 is 0 Å². The van der Waals surface area contributed by atoms with E-state index in [4.69, 9.17) is 0 Å². The molecule has 2 aromatic carbocycles. The van der Waals surface area contributed by atoms with Crippen molar-refractivity contribution in [3.8, 4) is 0 Å². The van der Waals surface area contributed by atoms with Crippen LogP contribution in [0.1, 0.15) is 40.4 Å². The Morgan fingerprint density at radius 1 is 1.11 bits per heavy atom. The zero-order valence-corrected chi connectivity index (χ0v) is 15.7. The van der Waals surface area contributed by atoms with Gasteiger partial charge in [-0.15, -0.1) is 0 Å². The second-order valence-corrected chi connectivity index (χ2v) is 7.54. The minimum absolute atomic E-state index is 0.153. The molecule has 0 radical (unpaired) electrons. The molecule has 0 aromatic heterocycles. The van der Waals surface area contributed by atoms with Crippen LogP contribution < -0.4 is 10.2 Å². The number of fused-ring (bicyclic) bond motifs is 1. The molecule has 4 nitrogen and oxygen atoms in total. The van der Waals surface area contributed by atoms with E-state index in [1.807, 2.05) is 0 Å². The third kappa shape index (κ3) is 3.83. The van der Waals surface area contributed by atoms with Crippen molar-refractivity contribution in [2.24, 2.45) is 0 Å². The van der Waals surface area contributed by atoms with E-state index < -0.39 is 0 Å². The SMILES string of the molecule is CN1CCc2cc([C@@H](CNC(=O)c3ccc(F)cc3)N3CCCC3)ccc21. The lowest BCUT2D eigenvalue weighted by Gasteiger charge is -2.29. The molecule has 1 atom stereocenters. The summed E-state index contributed by atoms with van der Waals surface area (Å²) in [7, 11) is 2.13. The Kier molecular flexibility index (Phi) is 5.12. The van der Waals surface area contributed by atoms with Crippen LogP contribution in [-0.4, -0.2) is 44.0 Å². The number of carbonyl (C=O) groups excluding carboxylic acids is 1. The highest BCUT2D eigenvalue weighted by atomic mass is 19.1. The zero-order valence-electron chi connectivity index (χ0n) is 15.7. The molecule has 2 aliphatic heterocycles. The quantitative estimate of drug-likeness (QED) is 0.880. The maximum absolute atomic E-state index is 13.1. The number of benzene rings is 2. The molecule has 2 aliphatic rings. The summed E-state index contributed by atoms with van der Waals surface area (Å²) < 4.78 is 13.1. The number of nitrogens with zero attached hydrogens (tertiary/aromatic N) is 2. The van der Waals surface area contributed by atoms with Crippen LogP contribution in [0.25, 0.3) is 0 Å². The van der Waals surface area contributed by atoms with Crippen molar-refractivity contribution in [3.05, 3.63) is 65.0 Å². The Labute approximate surface area is 160 Å². The fraction of sp³-hybridized carbons (Fsp3) is 0.409. The number of amides is 1. The number of anilines is 1. The fourth-order valence-corrected chi connectivity index (χ4v) is 4.20. The van der Waals surface area contributed by atoms with Gasteiger partial charge in [-0.05, 0) is 73.8 Å². The maximum Gasteiger partial charge on any atom is 0.251 e. The van der Waals surface area contributed by atoms with Crippen molar-refractivity contribution in [1.29, 1.82) is 0 Å². The van der Waals surface area contributed by atoms with Crippen LogP contribution in [0.5, 0.6) is 0 Å². The van der Waals surface area contributed by atoms with Gasteiger partial charge in [-0.1, -0.05) is 12.1 Å². The molecule has 0 spiro atoms. The molecule has 1 fully saturated rings. The van der Waals surface area contributed by atoms with Crippen molar-refractivity contribution in [2.75, 3.05) is 38.1 Å². The number of nitrogens with one attached hydrogen (secondary N) is 1. The van der Waals surface area contributed by atoms with E-state index in [9.17, 15) is 9.18 Å². The molecule has 4 rings (SSSR count). The Morgan fingerprint density at radius 2 is 1.85 bits per heavy atom. The van der Waals surface area contributed by atoms with Crippen molar-refractivity contribution in [3.63, 3.8) is 0 Å². The van der Waals surface area contributed by atoms with E-state index in [1.54, 1.807) is 0 Å². The van der Waals surface area contributed by atoms with Crippen LogP contribution in [0.4, 0.5) is 10.1 Å². The second-order valence-electron chi connectivity index (χ2n) is 7.54. The van der Waals surface area contributed by atoms with Gasteiger partial charge in [0.25, 0.3) is 5.91 Å². The smallest absolute Gasteiger partial charge is 0.251 e. The highest BCUT2D eigenvalue weighted by Crippen LogP contribution is 2.32. The number of halogens is 1. The third-order valence-electron chi connectivity index (χ3n) is 5.76. The van der Waals surface area contributed by atoms with Crippen LogP contribution in [0, 0.1) is 5.82 Å². The largest absolute Gasteiger partial charge is 0.374 e. The van der Waals surface area contributed by atoms with Crippen molar-refractivity contribution in [1.82, 2.24) is 10.2 Å². The average molecular weight is 367 g/mol. The summed E-state index contributed by atoms with van der Waals surface area (Å²) in [6, 6.07) is 12.6. The molecule has 0 saturated carbocycles. The highest BCUT2D eigenvalue weighted by molar-refractivity contribution is 5.94. The van der Waals surface area contributed by atoms with E-state index in [0.717, 1.165) is 26.1 Å². The van der Waals surface area contributed by atoms with Gasteiger partial charge in [-0.2, -0.15) is 0 Å². The molecule has 1 N–H and O–H groups in total. The van der Waals surface area contributed by atoms with Gasteiger partial charge in [0, 0.05) is 31.4 Å². The lowest BCUT2D eigenvalue weighted by Crippen LogP contribution is -2.36. The molecule has 27 heavy (non-hydrogen) atoms. The first kappa shape index (κ1) is 18.0. The van der Waals surface area contributed by atoms with Gasteiger partial charge in [0.1, 0.15) is 5.82 Å². The molecule has 5 heteroatoms. The minimum Gasteiger partial charge on any atom is -0.374 e. The molecule has 0 unspecified atom stereocenters. The van der Waals surface area contributed by atoms with Crippen LogP contribution in [0.3, 0.4) is 0 Å². The molecule has 1 saturated heterocycles. The van der Waals surface area contributed by atoms with Crippen LogP contribution in [0.2, 0.25) is 0 Å². The number of carbonyl (C=O) groups is 1. The summed E-state index contributed by atoms with van der Waals surface area (Å²) in [6.45, 7) is 3.75. The first-order chi connectivity index (χ1) is 13.1. The van der Waals surface area contributed by atoms with Crippen LogP contribution in [0.15, 0.2) is 42.5 Å². The number of hydrogen-bond acceptors (Lipinski definition) is 3. The predicted molar refractivity (Wildman–Crippen MR) is 106 cm³/mol. The van der Waals surface area contributed by atoms with Gasteiger partial charge in [-0.25, -0.2) is 4.39 Å². The lowest BCUT2D eigenvalue weighted by atomic mass is 10.0. The summed E-state index contributed by atoms with van der Waals surface area (Å²) >= 11 is 0. The monoisotopic (exact) mass is 367 g/mol. The number of likely N-dealkylation sites (tertiary alicyclic amines) is 1. The predicted octanol–water partition coefficient (Wildman–Crippen LogP) is 3.38. The van der Waals surface area contributed by atoms with Crippen molar-refractivity contribution in [2.45, 2.75) is 25.3 Å². The van der Waals surface area contributed by atoms with E-state index in [0.29, 0.717) is 12.1 Å². The third-order valence-corrected chi connectivity index (χ3v) is 5.76. The molecular formula is C22H26FN3O.